The minimum Gasteiger partial charge on any atom is -0.443 e. The van der Waals surface area contributed by atoms with Crippen molar-refractivity contribution in [2.24, 2.45) is 0 Å². The molecule has 4 N–H and O–H groups in total. The van der Waals surface area contributed by atoms with Gasteiger partial charge in [-0.3, -0.25) is 0 Å². The van der Waals surface area contributed by atoms with Crippen LogP contribution in [0, 0.1) is 0 Å². The highest BCUT2D eigenvalue weighted by Crippen LogP contribution is 2.32. The highest BCUT2D eigenvalue weighted by atomic mass is 32.2. The Labute approximate surface area is 207 Å². The standard InChI is InChI=1S/C26H24N2O4S2/c1-3-23(33-21-15-9-7-13-19(21)27)31-25(29)17-11-5-6-12-18(17)26(30)32-24(4-2)34-22-16-10-8-14-20(22)28/h3-16,23-24H,1-2,27-28H2. The van der Waals surface area contributed by atoms with Crippen molar-refractivity contribution in [3.05, 3.63) is 109 Å². The Hall–Kier alpha value is -3.62. The third kappa shape index (κ3) is 6.46. The minimum atomic E-state index is -0.709. The Balaban J connectivity index is 1.73. The topological polar surface area (TPSA) is 105 Å². The normalized spacial score (nSPS) is 12.2. The Morgan fingerprint density at radius 3 is 1.38 bits per heavy atom. The van der Waals surface area contributed by atoms with Crippen LogP contribution in [0.2, 0.25) is 0 Å². The van der Waals surface area contributed by atoms with Gasteiger partial charge in [-0.1, -0.05) is 73.1 Å². The van der Waals surface area contributed by atoms with Crippen LogP contribution in [0.1, 0.15) is 20.7 Å². The average molecular weight is 493 g/mol. The van der Waals surface area contributed by atoms with Crippen molar-refractivity contribution < 1.29 is 19.1 Å². The maximum Gasteiger partial charge on any atom is 0.340 e. The van der Waals surface area contributed by atoms with Crippen molar-refractivity contribution in [1.82, 2.24) is 0 Å². The fourth-order valence-electron chi connectivity index (χ4n) is 2.84. The van der Waals surface area contributed by atoms with Crippen molar-refractivity contribution >= 4 is 46.8 Å². The maximum atomic E-state index is 12.9. The fourth-order valence-corrected chi connectivity index (χ4v) is 4.53. The van der Waals surface area contributed by atoms with Gasteiger partial charge in [0, 0.05) is 21.2 Å². The lowest BCUT2D eigenvalue weighted by atomic mass is 10.1. The van der Waals surface area contributed by atoms with Gasteiger partial charge in [-0.25, -0.2) is 9.59 Å². The highest BCUT2D eigenvalue weighted by Gasteiger charge is 2.24. The number of thioether (sulfide) groups is 2. The van der Waals surface area contributed by atoms with Crippen LogP contribution in [0.15, 0.2) is 108 Å². The zero-order valence-electron chi connectivity index (χ0n) is 18.3. The van der Waals surface area contributed by atoms with Crippen LogP contribution in [0.25, 0.3) is 0 Å². The van der Waals surface area contributed by atoms with Crippen LogP contribution in [-0.2, 0) is 9.47 Å². The van der Waals surface area contributed by atoms with Gasteiger partial charge in [0.15, 0.2) is 10.9 Å². The molecule has 0 fully saturated rings. The van der Waals surface area contributed by atoms with Crippen LogP contribution in [0.5, 0.6) is 0 Å². The Morgan fingerprint density at radius 2 is 1.03 bits per heavy atom. The zero-order valence-corrected chi connectivity index (χ0v) is 19.9. The van der Waals surface area contributed by atoms with E-state index in [1.165, 1.54) is 47.8 Å². The summed E-state index contributed by atoms with van der Waals surface area (Å²) >= 11 is 2.48. The summed E-state index contributed by atoms with van der Waals surface area (Å²) < 4.78 is 11.2. The highest BCUT2D eigenvalue weighted by molar-refractivity contribution is 8.00. The van der Waals surface area contributed by atoms with E-state index in [0.717, 1.165) is 9.79 Å². The number of nitrogens with two attached hydrogens (primary N) is 2. The van der Waals surface area contributed by atoms with Crippen LogP contribution < -0.4 is 11.5 Å². The number of benzene rings is 3. The van der Waals surface area contributed by atoms with E-state index in [2.05, 4.69) is 13.2 Å². The van der Waals surface area contributed by atoms with Crippen LogP contribution in [0.4, 0.5) is 11.4 Å². The molecule has 0 aliphatic carbocycles. The molecule has 0 radical (unpaired) electrons. The molecule has 0 aliphatic rings. The third-order valence-corrected chi connectivity index (χ3v) is 6.82. The first kappa shape index (κ1) is 25.0. The SMILES string of the molecule is C=CC(OC(=O)c1ccccc1C(=O)OC(C=C)Sc1ccccc1N)Sc1ccccc1N. The molecule has 2 unspecified atom stereocenters. The second-order valence-electron chi connectivity index (χ2n) is 6.88. The molecule has 0 spiro atoms. The zero-order chi connectivity index (χ0) is 24.5. The van der Waals surface area contributed by atoms with Gasteiger partial charge in [-0.15, -0.1) is 0 Å². The largest absolute Gasteiger partial charge is 0.443 e. The van der Waals surface area contributed by atoms with Gasteiger partial charge < -0.3 is 20.9 Å². The van der Waals surface area contributed by atoms with E-state index in [1.807, 2.05) is 36.4 Å². The monoisotopic (exact) mass is 492 g/mol. The van der Waals surface area contributed by atoms with E-state index in [-0.39, 0.29) is 11.1 Å². The van der Waals surface area contributed by atoms with Crippen molar-refractivity contribution in [2.75, 3.05) is 11.5 Å². The number of hydrogen-bond donors (Lipinski definition) is 2. The molecular formula is C26H24N2O4S2. The van der Waals surface area contributed by atoms with Crippen LogP contribution in [-0.4, -0.2) is 22.8 Å². The summed E-state index contributed by atoms with van der Waals surface area (Å²) in [7, 11) is 0. The van der Waals surface area contributed by atoms with Gasteiger partial charge in [-0.05, 0) is 48.6 Å². The Bertz CT molecular complexity index is 1110. The average Bonchev–Trinajstić information content (AvgIpc) is 2.85. The number of carbonyl (C=O) groups is 2. The van der Waals surface area contributed by atoms with Crippen molar-refractivity contribution in [1.29, 1.82) is 0 Å². The molecule has 0 amide bonds. The van der Waals surface area contributed by atoms with E-state index >= 15 is 0 Å². The number of para-hydroxylation sites is 2. The maximum absolute atomic E-state index is 12.9. The fraction of sp³-hybridized carbons (Fsp3) is 0.0769. The van der Waals surface area contributed by atoms with Gasteiger partial charge in [0.1, 0.15) is 0 Å². The lowest BCUT2D eigenvalue weighted by Crippen LogP contribution is -2.19. The van der Waals surface area contributed by atoms with Gasteiger partial charge in [0.2, 0.25) is 0 Å². The molecule has 0 saturated carbocycles. The van der Waals surface area contributed by atoms with E-state index in [0.29, 0.717) is 11.4 Å². The predicted octanol–water partition coefficient (Wildman–Crippen LogP) is 5.77. The summed E-state index contributed by atoms with van der Waals surface area (Å²) in [5.41, 5.74) is 11.8. The second-order valence-corrected chi connectivity index (χ2v) is 9.16. The first-order chi connectivity index (χ1) is 16.4. The molecule has 0 aliphatic heterocycles. The van der Waals surface area contributed by atoms with Gasteiger partial charge in [0.25, 0.3) is 0 Å². The quantitative estimate of drug-likeness (QED) is 0.121. The van der Waals surface area contributed by atoms with Crippen molar-refractivity contribution in [3.63, 3.8) is 0 Å². The van der Waals surface area contributed by atoms with E-state index in [1.54, 1.807) is 24.3 Å². The molecule has 8 heteroatoms. The number of anilines is 2. The summed E-state index contributed by atoms with van der Waals surface area (Å²) in [6.45, 7) is 7.47. The molecule has 0 heterocycles. The minimum absolute atomic E-state index is 0.0769. The molecule has 34 heavy (non-hydrogen) atoms. The lowest BCUT2D eigenvalue weighted by molar-refractivity contribution is 0.0464. The van der Waals surface area contributed by atoms with Gasteiger partial charge in [-0.2, -0.15) is 0 Å². The summed E-state index contributed by atoms with van der Waals surface area (Å²) in [5, 5.41) is 0. The van der Waals surface area contributed by atoms with Gasteiger partial charge in [0.05, 0.1) is 11.1 Å². The third-order valence-electron chi connectivity index (χ3n) is 4.52. The molecule has 3 aromatic carbocycles. The number of rotatable bonds is 10. The van der Waals surface area contributed by atoms with Crippen LogP contribution >= 0.6 is 23.5 Å². The van der Waals surface area contributed by atoms with E-state index in [4.69, 9.17) is 20.9 Å². The molecule has 6 nitrogen and oxygen atoms in total. The molecular weight excluding hydrogens is 468 g/mol. The number of esters is 2. The lowest BCUT2D eigenvalue weighted by Gasteiger charge is -2.17. The Kier molecular flexibility index (Phi) is 8.84. The molecule has 3 aromatic rings. The molecule has 0 saturated heterocycles. The molecule has 2 atom stereocenters. The molecule has 0 aromatic heterocycles. The number of nitrogen functional groups attached to an aromatic ring is 2. The first-order valence-corrected chi connectivity index (χ1v) is 12.0. The molecule has 3 rings (SSSR count). The van der Waals surface area contributed by atoms with Gasteiger partial charge >= 0.3 is 11.9 Å². The van der Waals surface area contributed by atoms with E-state index in [9.17, 15) is 9.59 Å². The molecule has 0 bridgehead atoms. The smallest absolute Gasteiger partial charge is 0.340 e. The van der Waals surface area contributed by atoms with Crippen LogP contribution in [0.3, 0.4) is 0 Å². The Morgan fingerprint density at radius 1 is 0.676 bits per heavy atom. The summed E-state index contributed by atoms with van der Waals surface area (Å²) in [4.78, 5) is 27.4. The summed E-state index contributed by atoms with van der Waals surface area (Å²) in [6, 6.07) is 20.8. The first-order valence-electron chi connectivity index (χ1n) is 10.2. The number of carbonyl (C=O) groups excluding carboxylic acids is 2. The number of hydrogen-bond acceptors (Lipinski definition) is 8. The second kappa shape index (κ2) is 12.0. The molecule has 174 valence electrons. The number of ether oxygens (including phenoxy) is 2. The van der Waals surface area contributed by atoms with E-state index < -0.39 is 22.8 Å². The summed E-state index contributed by atoms with van der Waals surface area (Å²) in [5.74, 6) is -1.37. The summed E-state index contributed by atoms with van der Waals surface area (Å²) in [6.07, 6.45) is 2.98. The predicted molar refractivity (Wildman–Crippen MR) is 139 cm³/mol. The van der Waals surface area contributed by atoms with Crippen molar-refractivity contribution in [2.45, 2.75) is 20.7 Å². The van der Waals surface area contributed by atoms with Crippen molar-refractivity contribution in [3.8, 4) is 0 Å².